The Hall–Kier alpha value is -1.06. The molecule has 0 spiro atoms. The standard InChI is InChI=1S/C12H21NO3/c1-9(14)13-11(12(15)16-2)8-10-6-4-3-5-7-10/h10-11H,3-8H2,1-2H3,(H,13,14)/t11-/m0/s1. The minimum absolute atomic E-state index is 0.175. The molecule has 1 N–H and O–H groups in total. The Bertz CT molecular complexity index is 247. The molecule has 0 saturated heterocycles. The average Bonchev–Trinajstić information content (AvgIpc) is 2.28. The van der Waals surface area contributed by atoms with E-state index < -0.39 is 6.04 Å². The third-order valence-electron chi connectivity index (χ3n) is 3.16. The number of esters is 1. The number of methoxy groups -OCH3 is 1. The summed E-state index contributed by atoms with van der Waals surface area (Å²) in [6, 6.07) is -0.467. The van der Waals surface area contributed by atoms with Crippen LogP contribution in [0.1, 0.15) is 45.4 Å². The summed E-state index contributed by atoms with van der Waals surface area (Å²) in [5, 5.41) is 2.66. The van der Waals surface area contributed by atoms with Crippen LogP contribution in [0.5, 0.6) is 0 Å². The van der Waals surface area contributed by atoms with Gasteiger partial charge in [-0.1, -0.05) is 32.1 Å². The molecule has 1 saturated carbocycles. The summed E-state index contributed by atoms with van der Waals surface area (Å²) in [7, 11) is 1.36. The van der Waals surface area contributed by atoms with E-state index in [1.807, 2.05) is 0 Å². The van der Waals surface area contributed by atoms with Gasteiger partial charge >= 0.3 is 5.97 Å². The second-order valence-corrected chi connectivity index (χ2v) is 4.52. The van der Waals surface area contributed by atoms with Crippen molar-refractivity contribution in [3.63, 3.8) is 0 Å². The molecular formula is C12H21NO3. The van der Waals surface area contributed by atoms with Gasteiger partial charge in [0.2, 0.25) is 5.91 Å². The third-order valence-corrected chi connectivity index (χ3v) is 3.16. The van der Waals surface area contributed by atoms with Gasteiger partial charge in [0, 0.05) is 6.92 Å². The summed E-state index contributed by atoms with van der Waals surface area (Å²) in [5.41, 5.74) is 0. The first-order chi connectivity index (χ1) is 7.63. The molecule has 1 fully saturated rings. The predicted molar refractivity (Wildman–Crippen MR) is 60.8 cm³/mol. The molecule has 1 aliphatic rings. The number of hydrogen-bond acceptors (Lipinski definition) is 3. The van der Waals surface area contributed by atoms with Crippen molar-refractivity contribution in [2.75, 3.05) is 7.11 Å². The van der Waals surface area contributed by atoms with Crippen molar-refractivity contribution in [1.29, 1.82) is 0 Å². The van der Waals surface area contributed by atoms with E-state index in [0.29, 0.717) is 12.3 Å². The van der Waals surface area contributed by atoms with Gasteiger partial charge in [0.15, 0.2) is 0 Å². The molecular weight excluding hydrogens is 206 g/mol. The number of rotatable bonds is 4. The molecule has 1 amide bonds. The monoisotopic (exact) mass is 227 g/mol. The molecule has 4 nitrogen and oxygen atoms in total. The highest BCUT2D eigenvalue weighted by Gasteiger charge is 2.25. The number of carbonyl (C=O) groups is 2. The zero-order valence-electron chi connectivity index (χ0n) is 10.1. The quantitative estimate of drug-likeness (QED) is 0.743. The fraction of sp³-hybridized carbons (Fsp3) is 0.833. The van der Waals surface area contributed by atoms with Crippen LogP contribution in [-0.2, 0) is 14.3 Å². The first-order valence-corrected chi connectivity index (χ1v) is 5.98. The van der Waals surface area contributed by atoms with Crippen molar-refractivity contribution in [2.45, 2.75) is 51.5 Å². The van der Waals surface area contributed by atoms with E-state index in [9.17, 15) is 9.59 Å². The first-order valence-electron chi connectivity index (χ1n) is 5.98. The molecule has 1 atom stereocenters. The second-order valence-electron chi connectivity index (χ2n) is 4.52. The van der Waals surface area contributed by atoms with Crippen LogP contribution in [0.2, 0.25) is 0 Å². The van der Waals surface area contributed by atoms with Crippen LogP contribution in [0.15, 0.2) is 0 Å². The maximum absolute atomic E-state index is 11.5. The van der Waals surface area contributed by atoms with E-state index in [4.69, 9.17) is 4.74 Å². The normalized spacial score (nSPS) is 18.9. The maximum Gasteiger partial charge on any atom is 0.328 e. The molecule has 1 aliphatic carbocycles. The Balaban J connectivity index is 2.47. The molecule has 0 unspecified atom stereocenters. The largest absolute Gasteiger partial charge is 0.467 e. The Morgan fingerprint density at radius 1 is 1.31 bits per heavy atom. The van der Waals surface area contributed by atoms with Crippen LogP contribution in [0.3, 0.4) is 0 Å². The minimum Gasteiger partial charge on any atom is -0.467 e. The predicted octanol–water partition coefficient (Wildman–Crippen LogP) is 1.63. The van der Waals surface area contributed by atoms with Crippen molar-refractivity contribution < 1.29 is 14.3 Å². The van der Waals surface area contributed by atoms with E-state index in [1.54, 1.807) is 0 Å². The summed E-state index contributed by atoms with van der Waals surface area (Å²) in [6.45, 7) is 1.43. The van der Waals surface area contributed by atoms with Gasteiger partial charge in [0.1, 0.15) is 6.04 Å². The highest BCUT2D eigenvalue weighted by atomic mass is 16.5. The fourth-order valence-corrected chi connectivity index (χ4v) is 2.36. The average molecular weight is 227 g/mol. The molecule has 0 aromatic carbocycles. The van der Waals surface area contributed by atoms with Crippen LogP contribution in [0.25, 0.3) is 0 Å². The summed E-state index contributed by atoms with van der Waals surface area (Å²) in [4.78, 5) is 22.5. The van der Waals surface area contributed by atoms with Crippen molar-refractivity contribution in [3.05, 3.63) is 0 Å². The summed E-state index contributed by atoms with van der Waals surface area (Å²) in [6.07, 6.45) is 6.79. The molecule has 0 aromatic heterocycles. The van der Waals surface area contributed by atoms with E-state index in [-0.39, 0.29) is 11.9 Å². The van der Waals surface area contributed by atoms with Gasteiger partial charge in [-0.15, -0.1) is 0 Å². The SMILES string of the molecule is COC(=O)[C@H](CC1CCCCC1)NC(C)=O. The Morgan fingerprint density at radius 3 is 2.44 bits per heavy atom. The van der Waals surface area contributed by atoms with Gasteiger partial charge < -0.3 is 10.1 Å². The topological polar surface area (TPSA) is 55.4 Å². The Labute approximate surface area is 96.7 Å². The minimum atomic E-state index is -0.467. The van der Waals surface area contributed by atoms with Crippen LogP contribution in [-0.4, -0.2) is 25.0 Å². The molecule has 0 bridgehead atoms. The smallest absolute Gasteiger partial charge is 0.328 e. The molecule has 92 valence electrons. The Morgan fingerprint density at radius 2 is 1.94 bits per heavy atom. The highest BCUT2D eigenvalue weighted by Crippen LogP contribution is 2.27. The molecule has 0 radical (unpaired) electrons. The molecule has 0 aromatic rings. The Kier molecular flexibility index (Phi) is 5.29. The molecule has 1 rings (SSSR count). The number of ether oxygens (including phenoxy) is 1. The van der Waals surface area contributed by atoms with Crippen molar-refractivity contribution in [2.24, 2.45) is 5.92 Å². The van der Waals surface area contributed by atoms with E-state index in [0.717, 1.165) is 12.8 Å². The van der Waals surface area contributed by atoms with Crippen LogP contribution >= 0.6 is 0 Å². The van der Waals surface area contributed by atoms with Crippen molar-refractivity contribution >= 4 is 11.9 Å². The van der Waals surface area contributed by atoms with Gasteiger partial charge in [0.05, 0.1) is 7.11 Å². The lowest BCUT2D eigenvalue weighted by atomic mass is 9.85. The molecule has 4 heteroatoms. The molecule has 0 aliphatic heterocycles. The fourth-order valence-electron chi connectivity index (χ4n) is 2.36. The second kappa shape index (κ2) is 6.51. The van der Waals surface area contributed by atoms with Crippen LogP contribution < -0.4 is 5.32 Å². The zero-order chi connectivity index (χ0) is 12.0. The van der Waals surface area contributed by atoms with E-state index in [2.05, 4.69) is 5.32 Å². The maximum atomic E-state index is 11.5. The number of carbonyl (C=O) groups excluding carboxylic acids is 2. The summed E-state index contributed by atoms with van der Waals surface area (Å²) in [5.74, 6) is 0.0386. The van der Waals surface area contributed by atoms with E-state index in [1.165, 1.54) is 33.3 Å². The van der Waals surface area contributed by atoms with E-state index >= 15 is 0 Å². The number of nitrogens with one attached hydrogen (secondary N) is 1. The van der Waals surface area contributed by atoms with Crippen LogP contribution in [0.4, 0.5) is 0 Å². The lowest BCUT2D eigenvalue weighted by molar-refractivity contribution is -0.145. The summed E-state index contributed by atoms with van der Waals surface area (Å²) < 4.78 is 4.70. The van der Waals surface area contributed by atoms with Gasteiger partial charge in [-0.2, -0.15) is 0 Å². The highest BCUT2D eigenvalue weighted by molar-refractivity contribution is 5.83. The lowest BCUT2D eigenvalue weighted by Gasteiger charge is -2.25. The first kappa shape index (κ1) is 13.0. The van der Waals surface area contributed by atoms with Gasteiger partial charge in [0.25, 0.3) is 0 Å². The van der Waals surface area contributed by atoms with Crippen LogP contribution in [0, 0.1) is 5.92 Å². The molecule has 0 heterocycles. The third kappa shape index (κ3) is 4.21. The zero-order valence-corrected chi connectivity index (χ0v) is 10.1. The van der Waals surface area contributed by atoms with Crippen molar-refractivity contribution in [1.82, 2.24) is 5.32 Å². The summed E-state index contributed by atoms with van der Waals surface area (Å²) >= 11 is 0. The van der Waals surface area contributed by atoms with Gasteiger partial charge in [-0.05, 0) is 12.3 Å². The van der Waals surface area contributed by atoms with Crippen molar-refractivity contribution in [3.8, 4) is 0 Å². The van der Waals surface area contributed by atoms with Gasteiger partial charge in [-0.25, -0.2) is 4.79 Å². The van der Waals surface area contributed by atoms with Gasteiger partial charge in [-0.3, -0.25) is 4.79 Å². The molecule has 16 heavy (non-hydrogen) atoms. The number of hydrogen-bond donors (Lipinski definition) is 1. The lowest BCUT2D eigenvalue weighted by Crippen LogP contribution is -2.41. The number of amides is 1.